The minimum Gasteiger partial charge on any atom is -0.373 e. The largest absolute Gasteiger partial charge is 0.373 e. The Balaban J connectivity index is 1.60. The molecule has 31 heavy (non-hydrogen) atoms. The summed E-state index contributed by atoms with van der Waals surface area (Å²) in [4.78, 5) is 18.0. The number of amides is 1. The maximum absolute atomic E-state index is 13.0. The molecule has 1 aliphatic rings. The first kappa shape index (κ1) is 20.9. The molecule has 2 N–H and O–H groups in total. The third-order valence-electron chi connectivity index (χ3n) is 6.05. The van der Waals surface area contributed by atoms with E-state index in [0.717, 1.165) is 30.9 Å². The fourth-order valence-electron chi connectivity index (χ4n) is 4.16. The summed E-state index contributed by atoms with van der Waals surface area (Å²) in [6.07, 6.45) is 1.76. The van der Waals surface area contributed by atoms with Gasteiger partial charge in [0.1, 0.15) is 5.84 Å². The van der Waals surface area contributed by atoms with E-state index in [4.69, 9.17) is 4.99 Å². The van der Waals surface area contributed by atoms with Gasteiger partial charge in [-0.25, -0.2) is 0 Å². The molecule has 1 saturated heterocycles. The Hall–Kier alpha value is -3.40. The molecule has 4 rings (SSSR count). The highest BCUT2D eigenvalue weighted by Gasteiger charge is 2.31. The molecule has 158 valence electrons. The molecule has 1 fully saturated rings. The van der Waals surface area contributed by atoms with Crippen molar-refractivity contribution in [2.45, 2.75) is 25.2 Å². The number of piperidine rings is 1. The van der Waals surface area contributed by atoms with Crippen LogP contribution in [0.1, 0.15) is 30.9 Å². The Morgan fingerprint density at radius 3 is 2.06 bits per heavy atom. The van der Waals surface area contributed by atoms with Crippen LogP contribution in [0.3, 0.4) is 0 Å². The molecule has 0 aromatic heterocycles. The molecule has 0 bridgehead atoms. The average molecular weight is 412 g/mol. The fourth-order valence-corrected chi connectivity index (χ4v) is 4.16. The quantitative estimate of drug-likeness (QED) is 0.598. The summed E-state index contributed by atoms with van der Waals surface area (Å²) in [7, 11) is 0. The monoisotopic (exact) mass is 411 g/mol. The van der Waals surface area contributed by atoms with Gasteiger partial charge in [-0.1, -0.05) is 78.9 Å². The molecule has 1 amide bonds. The minimum absolute atomic E-state index is 0.00160. The van der Waals surface area contributed by atoms with Crippen molar-refractivity contribution in [3.8, 4) is 0 Å². The number of rotatable bonds is 6. The van der Waals surface area contributed by atoms with E-state index in [2.05, 4.69) is 66.1 Å². The van der Waals surface area contributed by atoms with Crippen LogP contribution in [0.2, 0.25) is 0 Å². The van der Waals surface area contributed by atoms with E-state index in [1.165, 1.54) is 11.1 Å². The SMILES string of the molecule is CC(CN=C1NCCCC1C(=O)Nc1ccccc1)(c1ccccc1)c1ccccc1. The van der Waals surface area contributed by atoms with Crippen LogP contribution in [0.15, 0.2) is 96.0 Å². The van der Waals surface area contributed by atoms with Gasteiger partial charge in [0.25, 0.3) is 0 Å². The third-order valence-corrected chi connectivity index (χ3v) is 6.05. The van der Waals surface area contributed by atoms with Gasteiger partial charge in [-0.15, -0.1) is 0 Å². The van der Waals surface area contributed by atoms with Crippen LogP contribution in [-0.4, -0.2) is 24.8 Å². The molecule has 3 aromatic rings. The second kappa shape index (κ2) is 9.61. The summed E-state index contributed by atoms with van der Waals surface area (Å²) in [5, 5.41) is 6.44. The summed E-state index contributed by atoms with van der Waals surface area (Å²) < 4.78 is 0. The van der Waals surface area contributed by atoms with Gasteiger partial charge in [0.05, 0.1) is 12.5 Å². The van der Waals surface area contributed by atoms with Crippen molar-refractivity contribution in [1.82, 2.24) is 5.32 Å². The minimum atomic E-state index is -0.283. The van der Waals surface area contributed by atoms with Crippen LogP contribution < -0.4 is 10.6 Å². The molecular formula is C27H29N3O. The Morgan fingerprint density at radius 2 is 1.48 bits per heavy atom. The summed E-state index contributed by atoms with van der Waals surface area (Å²) in [5.41, 5.74) is 2.96. The number of carbonyl (C=O) groups excluding carboxylic acids is 1. The van der Waals surface area contributed by atoms with Gasteiger partial charge < -0.3 is 10.6 Å². The molecule has 4 nitrogen and oxygen atoms in total. The molecule has 1 heterocycles. The zero-order valence-corrected chi connectivity index (χ0v) is 17.9. The number of hydrogen-bond donors (Lipinski definition) is 2. The van der Waals surface area contributed by atoms with Crippen molar-refractivity contribution in [3.05, 3.63) is 102 Å². The van der Waals surface area contributed by atoms with Gasteiger partial charge >= 0.3 is 0 Å². The number of nitrogens with one attached hydrogen (secondary N) is 2. The number of aliphatic imine (C=N–C) groups is 1. The number of amidine groups is 1. The highest BCUT2D eigenvalue weighted by Crippen LogP contribution is 2.32. The number of para-hydroxylation sites is 1. The summed E-state index contributed by atoms with van der Waals surface area (Å²) in [5.74, 6) is 0.529. The number of hydrogen-bond acceptors (Lipinski definition) is 2. The van der Waals surface area contributed by atoms with Crippen LogP contribution in [-0.2, 0) is 10.2 Å². The summed E-state index contributed by atoms with van der Waals surface area (Å²) in [6.45, 7) is 3.64. The van der Waals surface area contributed by atoms with E-state index < -0.39 is 0 Å². The Morgan fingerprint density at radius 1 is 0.935 bits per heavy atom. The zero-order valence-electron chi connectivity index (χ0n) is 17.9. The average Bonchev–Trinajstić information content (AvgIpc) is 2.84. The van der Waals surface area contributed by atoms with Crippen molar-refractivity contribution in [2.24, 2.45) is 10.9 Å². The standard InChI is InChI=1S/C27H29N3O/c1-27(21-12-5-2-6-13-21,22-14-7-3-8-15-22)20-29-25-24(18-11-19-28-25)26(31)30-23-16-9-4-10-17-23/h2-10,12-17,24H,11,18-20H2,1H3,(H,28,29)(H,30,31). The van der Waals surface area contributed by atoms with Gasteiger partial charge in [0.2, 0.25) is 5.91 Å². The van der Waals surface area contributed by atoms with Crippen LogP contribution in [0.5, 0.6) is 0 Å². The highest BCUT2D eigenvalue weighted by molar-refractivity contribution is 6.08. The van der Waals surface area contributed by atoms with Crippen LogP contribution in [0.25, 0.3) is 0 Å². The molecule has 0 saturated carbocycles. The third kappa shape index (κ3) is 4.85. The number of carbonyl (C=O) groups is 1. The first-order chi connectivity index (χ1) is 15.2. The van der Waals surface area contributed by atoms with Crippen LogP contribution >= 0.6 is 0 Å². The lowest BCUT2D eigenvalue weighted by Crippen LogP contribution is -2.43. The molecule has 4 heteroatoms. The maximum atomic E-state index is 13.0. The molecule has 3 aromatic carbocycles. The maximum Gasteiger partial charge on any atom is 0.235 e. The number of nitrogens with zero attached hydrogens (tertiary/aromatic N) is 1. The number of benzene rings is 3. The van der Waals surface area contributed by atoms with Crippen LogP contribution in [0.4, 0.5) is 5.69 Å². The number of anilines is 1. The molecule has 1 atom stereocenters. The first-order valence-electron chi connectivity index (χ1n) is 10.9. The normalized spacial score (nSPS) is 17.7. The first-order valence-corrected chi connectivity index (χ1v) is 10.9. The lowest BCUT2D eigenvalue weighted by molar-refractivity contribution is -0.118. The van der Waals surface area contributed by atoms with Gasteiger partial charge in [-0.2, -0.15) is 0 Å². The van der Waals surface area contributed by atoms with Crippen molar-refractivity contribution in [3.63, 3.8) is 0 Å². The second-order valence-electron chi connectivity index (χ2n) is 8.24. The zero-order chi connectivity index (χ0) is 21.5. The molecule has 1 aliphatic heterocycles. The van der Waals surface area contributed by atoms with Crippen molar-refractivity contribution in [1.29, 1.82) is 0 Å². The van der Waals surface area contributed by atoms with Crippen molar-refractivity contribution in [2.75, 3.05) is 18.4 Å². The second-order valence-corrected chi connectivity index (χ2v) is 8.24. The van der Waals surface area contributed by atoms with Gasteiger partial charge in [0, 0.05) is 17.6 Å². The molecule has 0 radical (unpaired) electrons. The highest BCUT2D eigenvalue weighted by atomic mass is 16.1. The molecule has 0 aliphatic carbocycles. The lowest BCUT2D eigenvalue weighted by atomic mass is 9.76. The van der Waals surface area contributed by atoms with E-state index >= 15 is 0 Å². The predicted molar refractivity (Wildman–Crippen MR) is 127 cm³/mol. The van der Waals surface area contributed by atoms with Crippen molar-refractivity contribution < 1.29 is 4.79 Å². The fraction of sp³-hybridized carbons (Fsp3) is 0.259. The van der Waals surface area contributed by atoms with E-state index in [1.54, 1.807) is 0 Å². The Kier molecular flexibility index (Phi) is 6.46. The predicted octanol–water partition coefficient (Wildman–Crippen LogP) is 5.03. The Labute approximate surface area is 184 Å². The van der Waals surface area contributed by atoms with Crippen LogP contribution in [0, 0.1) is 5.92 Å². The summed E-state index contributed by atoms with van der Waals surface area (Å²) in [6, 6.07) is 30.6. The van der Waals surface area contributed by atoms with Crippen molar-refractivity contribution >= 4 is 17.4 Å². The Bertz CT molecular complexity index is 977. The smallest absolute Gasteiger partial charge is 0.235 e. The van der Waals surface area contributed by atoms with Gasteiger partial charge in [-0.3, -0.25) is 9.79 Å². The van der Waals surface area contributed by atoms with E-state index in [9.17, 15) is 4.79 Å². The van der Waals surface area contributed by atoms with E-state index in [0.29, 0.717) is 6.54 Å². The lowest BCUT2D eigenvalue weighted by Gasteiger charge is -2.31. The molecule has 1 unspecified atom stereocenters. The van der Waals surface area contributed by atoms with E-state index in [1.807, 2.05) is 42.5 Å². The van der Waals surface area contributed by atoms with Gasteiger partial charge in [0.15, 0.2) is 0 Å². The topological polar surface area (TPSA) is 53.5 Å². The van der Waals surface area contributed by atoms with Gasteiger partial charge in [-0.05, 0) is 43.0 Å². The molecular weight excluding hydrogens is 382 g/mol. The van der Waals surface area contributed by atoms with E-state index in [-0.39, 0.29) is 17.2 Å². The molecule has 0 spiro atoms. The summed E-state index contributed by atoms with van der Waals surface area (Å²) >= 11 is 0.